The van der Waals surface area contributed by atoms with E-state index in [1.54, 1.807) is 30.3 Å². The lowest BCUT2D eigenvalue weighted by atomic mass is 9.97. The van der Waals surface area contributed by atoms with Gasteiger partial charge in [0.2, 0.25) is 5.76 Å². The summed E-state index contributed by atoms with van der Waals surface area (Å²) in [6, 6.07) is 20.5. The highest BCUT2D eigenvalue weighted by atomic mass is 35.5. The average molecular weight is 461 g/mol. The van der Waals surface area contributed by atoms with E-state index in [1.165, 1.54) is 18.3 Å². The molecule has 0 fully saturated rings. The molecule has 6 nitrogen and oxygen atoms in total. The molecule has 4 rings (SSSR count). The molecule has 0 aliphatic heterocycles. The predicted molar refractivity (Wildman–Crippen MR) is 124 cm³/mol. The summed E-state index contributed by atoms with van der Waals surface area (Å²) in [5, 5.41) is 19.3. The molecule has 0 saturated heterocycles. The van der Waals surface area contributed by atoms with Crippen LogP contribution < -0.4 is 10.6 Å². The van der Waals surface area contributed by atoms with Gasteiger partial charge in [0.15, 0.2) is 0 Å². The maximum absolute atomic E-state index is 14.0. The van der Waals surface area contributed by atoms with Crippen molar-refractivity contribution >= 4 is 28.9 Å². The zero-order chi connectivity index (χ0) is 23.4. The second kappa shape index (κ2) is 9.55. The quantitative estimate of drug-likeness (QED) is 0.346. The molecule has 3 aromatic carbocycles. The van der Waals surface area contributed by atoms with Gasteiger partial charge in [-0.15, -0.1) is 0 Å². The van der Waals surface area contributed by atoms with Crippen LogP contribution in [0, 0.1) is 17.1 Å². The molecule has 4 aromatic rings. The van der Waals surface area contributed by atoms with Crippen molar-refractivity contribution in [2.75, 3.05) is 10.6 Å². The smallest absolute Gasteiger partial charge is 0.294 e. The third-order valence-electron chi connectivity index (χ3n) is 5.13. The molecule has 164 valence electrons. The van der Waals surface area contributed by atoms with Crippen molar-refractivity contribution in [1.29, 1.82) is 5.26 Å². The van der Waals surface area contributed by atoms with Crippen molar-refractivity contribution in [3.05, 3.63) is 101 Å². The van der Waals surface area contributed by atoms with Gasteiger partial charge in [0.05, 0.1) is 28.2 Å². The van der Waals surface area contributed by atoms with Crippen molar-refractivity contribution < 1.29 is 13.7 Å². The number of nitrogens with one attached hydrogen (secondary N) is 2. The minimum Gasteiger partial charge on any atom is -0.377 e. The number of halogens is 2. The second-order valence-electron chi connectivity index (χ2n) is 7.26. The fourth-order valence-electron chi connectivity index (χ4n) is 3.43. The Morgan fingerprint density at radius 1 is 1.12 bits per heavy atom. The number of rotatable bonds is 6. The van der Waals surface area contributed by atoms with Crippen molar-refractivity contribution in [3.8, 4) is 17.2 Å². The van der Waals surface area contributed by atoms with E-state index in [2.05, 4.69) is 15.8 Å². The van der Waals surface area contributed by atoms with Gasteiger partial charge in [-0.25, -0.2) is 4.39 Å². The SMILES string of the molecule is CC(Nc1cccc(Cl)c1NC(=O)c1ccno1)c1ccc(-c2cccc(F)c2C#N)cc1. The summed E-state index contributed by atoms with van der Waals surface area (Å²) in [5.41, 5.74) is 3.29. The monoisotopic (exact) mass is 460 g/mol. The van der Waals surface area contributed by atoms with Gasteiger partial charge in [-0.05, 0) is 36.2 Å². The zero-order valence-electron chi connectivity index (χ0n) is 17.5. The normalized spacial score (nSPS) is 11.5. The van der Waals surface area contributed by atoms with Crippen LogP contribution in [0.4, 0.5) is 15.8 Å². The maximum atomic E-state index is 14.0. The predicted octanol–water partition coefficient (Wildman–Crippen LogP) is 6.43. The van der Waals surface area contributed by atoms with Crippen LogP contribution in [-0.2, 0) is 0 Å². The lowest BCUT2D eigenvalue weighted by molar-refractivity contribution is 0.0988. The number of carbonyl (C=O) groups excluding carboxylic acids is 1. The Balaban J connectivity index is 1.55. The van der Waals surface area contributed by atoms with Gasteiger partial charge in [0, 0.05) is 17.7 Å². The first kappa shape index (κ1) is 22.1. The van der Waals surface area contributed by atoms with Crippen LogP contribution in [0.5, 0.6) is 0 Å². The van der Waals surface area contributed by atoms with E-state index in [-0.39, 0.29) is 17.4 Å². The number of aromatic nitrogens is 1. The molecule has 1 amide bonds. The second-order valence-corrected chi connectivity index (χ2v) is 7.66. The van der Waals surface area contributed by atoms with E-state index in [4.69, 9.17) is 16.1 Å². The summed E-state index contributed by atoms with van der Waals surface area (Å²) < 4.78 is 18.9. The Morgan fingerprint density at radius 2 is 1.88 bits per heavy atom. The number of amides is 1. The van der Waals surface area contributed by atoms with Crippen LogP contribution in [0.1, 0.15) is 34.6 Å². The van der Waals surface area contributed by atoms with Crippen LogP contribution in [0.2, 0.25) is 5.02 Å². The Bertz CT molecular complexity index is 1330. The van der Waals surface area contributed by atoms with Crippen molar-refractivity contribution in [2.45, 2.75) is 13.0 Å². The van der Waals surface area contributed by atoms with Crippen molar-refractivity contribution in [1.82, 2.24) is 5.16 Å². The Morgan fingerprint density at radius 3 is 2.58 bits per heavy atom. The number of carbonyl (C=O) groups is 1. The lowest BCUT2D eigenvalue weighted by Crippen LogP contribution is -2.14. The molecule has 0 aliphatic rings. The summed E-state index contributed by atoms with van der Waals surface area (Å²) in [6.07, 6.45) is 1.38. The van der Waals surface area contributed by atoms with Gasteiger partial charge in [0.25, 0.3) is 5.91 Å². The molecule has 2 N–H and O–H groups in total. The van der Waals surface area contributed by atoms with Gasteiger partial charge in [-0.2, -0.15) is 5.26 Å². The van der Waals surface area contributed by atoms with Crippen molar-refractivity contribution in [2.24, 2.45) is 0 Å². The molecular formula is C25H18ClFN4O2. The highest BCUT2D eigenvalue weighted by Crippen LogP contribution is 2.34. The molecule has 1 heterocycles. The molecular weight excluding hydrogens is 443 g/mol. The highest BCUT2D eigenvalue weighted by Gasteiger charge is 2.17. The van der Waals surface area contributed by atoms with E-state index >= 15 is 0 Å². The molecule has 1 unspecified atom stereocenters. The summed E-state index contributed by atoms with van der Waals surface area (Å²) >= 11 is 6.34. The molecule has 0 aliphatic carbocycles. The van der Waals surface area contributed by atoms with Gasteiger partial charge >= 0.3 is 0 Å². The summed E-state index contributed by atoms with van der Waals surface area (Å²) in [5.74, 6) is -0.947. The molecule has 0 saturated carbocycles. The molecule has 0 spiro atoms. The van der Waals surface area contributed by atoms with Crippen LogP contribution >= 0.6 is 11.6 Å². The minimum atomic E-state index is -0.546. The first-order chi connectivity index (χ1) is 16.0. The molecule has 8 heteroatoms. The Kier molecular flexibility index (Phi) is 6.38. The number of benzene rings is 3. The molecule has 0 bridgehead atoms. The fourth-order valence-corrected chi connectivity index (χ4v) is 3.65. The zero-order valence-corrected chi connectivity index (χ0v) is 18.2. The van der Waals surface area contributed by atoms with Gasteiger partial charge in [-0.1, -0.05) is 59.2 Å². The van der Waals surface area contributed by atoms with E-state index < -0.39 is 11.7 Å². The number of hydrogen-bond donors (Lipinski definition) is 2. The average Bonchev–Trinajstić information content (AvgIpc) is 3.36. The molecule has 0 radical (unpaired) electrons. The van der Waals surface area contributed by atoms with E-state index in [1.807, 2.05) is 37.3 Å². The van der Waals surface area contributed by atoms with E-state index in [0.717, 1.165) is 11.1 Å². The Labute approximate surface area is 194 Å². The Hall–Kier alpha value is -4.15. The highest BCUT2D eigenvalue weighted by molar-refractivity contribution is 6.34. The number of hydrogen-bond acceptors (Lipinski definition) is 5. The van der Waals surface area contributed by atoms with Gasteiger partial charge < -0.3 is 15.2 Å². The lowest BCUT2D eigenvalue weighted by Gasteiger charge is -2.20. The number of para-hydroxylation sites is 1. The third kappa shape index (κ3) is 4.71. The number of anilines is 2. The number of nitrogens with zero attached hydrogens (tertiary/aromatic N) is 2. The number of nitriles is 1. The summed E-state index contributed by atoms with van der Waals surface area (Å²) in [6.45, 7) is 1.96. The van der Waals surface area contributed by atoms with Gasteiger partial charge in [0.1, 0.15) is 11.9 Å². The third-order valence-corrected chi connectivity index (χ3v) is 5.45. The standard InChI is InChI=1S/C25H18ClFN4O2/c1-15(16-8-10-17(11-9-16)18-4-2-6-21(27)19(18)14-28)30-22-7-3-5-20(26)24(22)31-25(32)23-12-13-29-33-23/h2-13,15,30H,1H3,(H,31,32). The first-order valence-electron chi connectivity index (χ1n) is 10.0. The van der Waals surface area contributed by atoms with Crippen LogP contribution in [0.15, 0.2) is 77.4 Å². The summed E-state index contributed by atoms with van der Waals surface area (Å²) in [4.78, 5) is 12.4. The van der Waals surface area contributed by atoms with Crippen LogP contribution in [0.3, 0.4) is 0 Å². The molecule has 1 aromatic heterocycles. The summed E-state index contributed by atoms with van der Waals surface area (Å²) in [7, 11) is 0. The molecule has 33 heavy (non-hydrogen) atoms. The van der Waals surface area contributed by atoms with Crippen LogP contribution in [0.25, 0.3) is 11.1 Å². The largest absolute Gasteiger partial charge is 0.377 e. The maximum Gasteiger partial charge on any atom is 0.294 e. The fraction of sp³-hybridized carbons (Fsp3) is 0.0800. The topological polar surface area (TPSA) is 90.9 Å². The van der Waals surface area contributed by atoms with Crippen LogP contribution in [-0.4, -0.2) is 11.1 Å². The first-order valence-corrected chi connectivity index (χ1v) is 10.4. The molecule has 1 atom stereocenters. The minimum absolute atomic E-state index is 0.0162. The van der Waals surface area contributed by atoms with Crippen molar-refractivity contribution in [3.63, 3.8) is 0 Å². The van der Waals surface area contributed by atoms with E-state index in [9.17, 15) is 14.4 Å². The van der Waals surface area contributed by atoms with E-state index in [0.29, 0.717) is 22.0 Å². The van der Waals surface area contributed by atoms with Gasteiger partial charge in [-0.3, -0.25) is 4.79 Å².